The highest BCUT2D eigenvalue weighted by Crippen LogP contribution is 2.35. The van der Waals surface area contributed by atoms with Crippen molar-refractivity contribution >= 4 is 24.6 Å². The molecular formula is C27H26ClF3N6O. The average molecular weight is 543 g/mol. The van der Waals surface area contributed by atoms with Gasteiger partial charge in [0.25, 0.3) is 0 Å². The number of hydrogen-bond acceptors (Lipinski definition) is 7. The lowest BCUT2D eigenvalue weighted by Gasteiger charge is -2.20. The molecule has 0 amide bonds. The van der Waals surface area contributed by atoms with Gasteiger partial charge in [0.05, 0.1) is 17.8 Å². The Bertz CT molecular complexity index is 1310. The number of aldehydes is 1. The van der Waals surface area contributed by atoms with E-state index in [2.05, 4.69) is 31.1 Å². The molecule has 4 aromatic rings. The minimum Gasteiger partial charge on any atom is -0.354 e. The second-order valence-corrected chi connectivity index (χ2v) is 8.14. The summed E-state index contributed by atoms with van der Waals surface area (Å²) in [4.78, 5) is 23.7. The van der Waals surface area contributed by atoms with Gasteiger partial charge in [-0.05, 0) is 41.8 Å². The summed E-state index contributed by atoms with van der Waals surface area (Å²) in [5.41, 5.74) is 8.37. The van der Waals surface area contributed by atoms with E-state index in [1.807, 2.05) is 30.3 Å². The van der Waals surface area contributed by atoms with E-state index in [0.29, 0.717) is 41.3 Å². The number of alkyl halides is 3. The molecule has 0 spiro atoms. The van der Waals surface area contributed by atoms with Crippen LogP contribution in [0.15, 0.2) is 85.3 Å². The predicted molar refractivity (Wildman–Crippen MR) is 142 cm³/mol. The van der Waals surface area contributed by atoms with Gasteiger partial charge in [-0.3, -0.25) is 10.4 Å². The number of carbonyl (C=O) groups excluding carboxylic acids is 1. The van der Waals surface area contributed by atoms with Gasteiger partial charge in [0.15, 0.2) is 0 Å². The number of pyridine rings is 1. The van der Waals surface area contributed by atoms with Gasteiger partial charge in [-0.25, -0.2) is 15.4 Å². The second kappa shape index (κ2) is 13.6. The zero-order valence-corrected chi connectivity index (χ0v) is 21.0. The molecule has 1 atom stereocenters. The first-order valence-corrected chi connectivity index (χ1v) is 11.6. The van der Waals surface area contributed by atoms with E-state index in [1.54, 1.807) is 30.6 Å². The van der Waals surface area contributed by atoms with E-state index >= 15 is 0 Å². The SMILES string of the molecule is Cl.O=CCNN[C@@H](CCNc1ncc(-c2cccc(C(F)(F)F)c2)c(-c2ccncc2)n1)c1ccccc1. The molecule has 0 bridgehead atoms. The standard InChI is InChI=1S/C27H25F3N6O.ClH/c28-27(29,30)22-8-4-7-21(17-22)23-18-33-26(35-25(23)20-9-12-31-13-10-20)32-14-11-24(36-34-15-16-37)19-5-2-1-3-6-19;/h1-10,12-13,16-18,24,34,36H,11,14-15H2,(H,32,33,35);1H/t24-;/m0./s1. The maximum atomic E-state index is 13.3. The summed E-state index contributed by atoms with van der Waals surface area (Å²) in [5, 5.41) is 3.20. The van der Waals surface area contributed by atoms with Crippen LogP contribution in [0.5, 0.6) is 0 Å². The third-order valence-corrected chi connectivity index (χ3v) is 5.62. The van der Waals surface area contributed by atoms with E-state index in [4.69, 9.17) is 0 Å². The number of nitrogens with one attached hydrogen (secondary N) is 3. The topological polar surface area (TPSA) is 91.8 Å². The Morgan fingerprint density at radius 2 is 1.71 bits per heavy atom. The van der Waals surface area contributed by atoms with Gasteiger partial charge in [-0.15, -0.1) is 12.4 Å². The number of hydrogen-bond donors (Lipinski definition) is 3. The fourth-order valence-electron chi connectivity index (χ4n) is 3.83. The molecule has 0 aliphatic carbocycles. The molecule has 2 heterocycles. The Hall–Kier alpha value is -3.86. The van der Waals surface area contributed by atoms with Crippen LogP contribution in [0.2, 0.25) is 0 Å². The molecule has 0 aliphatic rings. The average Bonchev–Trinajstić information content (AvgIpc) is 2.93. The highest BCUT2D eigenvalue weighted by atomic mass is 35.5. The first-order valence-electron chi connectivity index (χ1n) is 11.6. The quantitative estimate of drug-likeness (QED) is 0.131. The van der Waals surface area contributed by atoms with Gasteiger partial charge in [-0.1, -0.05) is 42.5 Å². The molecule has 38 heavy (non-hydrogen) atoms. The molecule has 0 saturated heterocycles. The number of rotatable bonds is 11. The Kier molecular flexibility index (Phi) is 10.3. The molecule has 2 aromatic heterocycles. The summed E-state index contributed by atoms with van der Waals surface area (Å²) in [6.45, 7) is 0.667. The number of benzene rings is 2. The second-order valence-electron chi connectivity index (χ2n) is 8.14. The lowest BCUT2D eigenvalue weighted by atomic mass is 9.99. The van der Waals surface area contributed by atoms with Crippen molar-refractivity contribution < 1.29 is 18.0 Å². The minimum absolute atomic E-state index is 0. The van der Waals surface area contributed by atoms with Crippen LogP contribution in [-0.4, -0.2) is 34.3 Å². The van der Waals surface area contributed by atoms with Gasteiger partial charge in [0.2, 0.25) is 5.95 Å². The molecular weight excluding hydrogens is 517 g/mol. The lowest BCUT2D eigenvalue weighted by Crippen LogP contribution is -2.37. The maximum Gasteiger partial charge on any atom is 0.416 e. The number of anilines is 1. The molecule has 4 rings (SSSR count). The minimum atomic E-state index is -4.46. The molecule has 0 unspecified atom stereocenters. The summed E-state index contributed by atoms with van der Waals surface area (Å²) in [5.74, 6) is 0.343. The Balaban J connectivity index is 0.00000400. The van der Waals surface area contributed by atoms with Crippen LogP contribution in [0.3, 0.4) is 0 Å². The van der Waals surface area contributed by atoms with Crippen LogP contribution in [0.1, 0.15) is 23.6 Å². The van der Waals surface area contributed by atoms with Gasteiger partial charge < -0.3 is 10.1 Å². The first kappa shape index (κ1) is 28.7. The number of nitrogens with zero attached hydrogens (tertiary/aromatic N) is 3. The van der Waals surface area contributed by atoms with Crippen molar-refractivity contribution in [1.29, 1.82) is 0 Å². The zero-order chi connectivity index (χ0) is 26.1. The van der Waals surface area contributed by atoms with Crippen molar-refractivity contribution in [2.45, 2.75) is 18.6 Å². The molecule has 0 saturated carbocycles. The molecule has 11 heteroatoms. The number of hydrazine groups is 1. The van der Waals surface area contributed by atoms with Gasteiger partial charge in [0.1, 0.15) is 6.29 Å². The van der Waals surface area contributed by atoms with Crippen molar-refractivity contribution in [1.82, 2.24) is 25.8 Å². The first-order chi connectivity index (χ1) is 18.0. The van der Waals surface area contributed by atoms with Gasteiger partial charge in [0, 0.05) is 42.3 Å². The number of carbonyl (C=O) groups is 1. The fraction of sp³-hybridized carbons (Fsp3) is 0.185. The summed E-state index contributed by atoms with van der Waals surface area (Å²) < 4.78 is 40.0. The highest BCUT2D eigenvalue weighted by molar-refractivity contribution is 5.85. The van der Waals surface area contributed by atoms with Gasteiger partial charge in [-0.2, -0.15) is 13.2 Å². The van der Waals surface area contributed by atoms with Crippen LogP contribution in [0.25, 0.3) is 22.4 Å². The molecule has 0 radical (unpaired) electrons. The molecule has 198 valence electrons. The van der Waals surface area contributed by atoms with Crippen molar-refractivity contribution in [3.8, 4) is 22.4 Å². The van der Waals surface area contributed by atoms with Crippen LogP contribution in [0, 0.1) is 0 Å². The Labute approximate surface area is 224 Å². The number of aromatic nitrogens is 3. The molecule has 0 aliphatic heterocycles. The lowest BCUT2D eigenvalue weighted by molar-refractivity contribution is -0.137. The summed E-state index contributed by atoms with van der Waals surface area (Å²) in [6, 6.07) is 18.3. The third-order valence-electron chi connectivity index (χ3n) is 5.62. The maximum absolute atomic E-state index is 13.3. The molecule has 3 N–H and O–H groups in total. The Morgan fingerprint density at radius 1 is 0.947 bits per heavy atom. The van der Waals surface area contributed by atoms with Crippen molar-refractivity contribution in [2.75, 3.05) is 18.4 Å². The van der Waals surface area contributed by atoms with E-state index in [1.165, 1.54) is 12.3 Å². The van der Waals surface area contributed by atoms with Crippen LogP contribution in [-0.2, 0) is 11.0 Å². The van der Waals surface area contributed by atoms with Crippen LogP contribution >= 0.6 is 12.4 Å². The zero-order valence-electron chi connectivity index (χ0n) is 20.2. The fourth-order valence-corrected chi connectivity index (χ4v) is 3.83. The molecule has 2 aromatic carbocycles. The summed E-state index contributed by atoms with van der Waals surface area (Å²) in [6.07, 6.45) is 1.68. The van der Waals surface area contributed by atoms with Crippen molar-refractivity contribution in [3.63, 3.8) is 0 Å². The summed E-state index contributed by atoms with van der Waals surface area (Å²) in [7, 11) is 0. The summed E-state index contributed by atoms with van der Waals surface area (Å²) >= 11 is 0. The molecule has 0 fully saturated rings. The molecule has 7 nitrogen and oxygen atoms in total. The predicted octanol–water partition coefficient (Wildman–Crippen LogP) is 5.48. The normalized spacial score (nSPS) is 11.9. The van der Waals surface area contributed by atoms with Gasteiger partial charge >= 0.3 is 6.18 Å². The largest absolute Gasteiger partial charge is 0.416 e. The smallest absolute Gasteiger partial charge is 0.354 e. The van der Waals surface area contributed by atoms with Crippen molar-refractivity contribution in [3.05, 3.63) is 96.4 Å². The number of halogens is 4. The highest BCUT2D eigenvalue weighted by Gasteiger charge is 2.30. The van der Waals surface area contributed by atoms with E-state index < -0.39 is 11.7 Å². The van der Waals surface area contributed by atoms with E-state index in [-0.39, 0.29) is 25.0 Å². The van der Waals surface area contributed by atoms with Crippen LogP contribution in [0.4, 0.5) is 19.1 Å². The van der Waals surface area contributed by atoms with Crippen molar-refractivity contribution in [2.24, 2.45) is 0 Å². The van der Waals surface area contributed by atoms with E-state index in [9.17, 15) is 18.0 Å². The Morgan fingerprint density at radius 3 is 2.42 bits per heavy atom. The third kappa shape index (κ3) is 7.58. The monoisotopic (exact) mass is 542 g/mol. The van der Waals surface area contributed by atoms with E-state index in [0.717, 1.165) is 24.0 Å². The van der Waals surface area contributed by atoms with Crippen LogP contribution < -0.4 is 16.2 Å².